The van der Waals surface area contributed by atoms with Crippen molar-refractivity contribution >= 4 is 17.8 Å². The van der Waals surface area contributed by atoms with E-state index in [0.29, 0.717) is 0 Å². The average Bonchev–Trinajstić information content (AvgIpc) is 2.87. The molecule has 0 saturated heterocycles. The number of rotatable bonds is 7. The predicted octanol–water partition coefficient (Wildman–Crippen LogP) is -2.02. The van der Waals surface area contributed by atoms with Gasteiger partial charge in [0.25, 0.3) is 0 Å². The Morgan fingerprint density at radius 3 is 2.80 bits per heavy atom. The Balaban J connectivity index is 2.37. The minimum absolute atomic E-state index is 0.119. The molecule has 1 aromatic heterocycles. The van der Waals surface area contributed by atoms with Crippen LogP contribution in [0.25, 0.3) is 0 Å². The van der Waals surface area contributed by atoms with Crippen molar-refractivity contribution in [2.24, 2.45) is 5.73 Å². The van der Waals surface area contributed by atoms with Gasteiger partial charge in [-0.05, 0) is 6.92 Å². The smallest absolute Gasteiger partial charge is 0.358 e. The molecular formula is C10H15N5O5. The molecule has 1 aromatic rings. The fraction of sp³-hybridized carbons (Fsp3) is 0.500. The van der Waals surface area contributed by atoms with Crippen molar-refractivity contribution in [3.05, 3.63) is 11.9 Å². The van der Waals surface area contributed by atoms with Gasteiger partial charge in [0, 0.05) is 6.54 Å². The summed E-state index contributed by atoms with van der Waals surface area (Å²) in [7, 11) is 0. The van der Waals surface area contributed by atoms with Crippen LogP contribution in [0.3, 0.4) is 0 Å². The number of amides is 1. The summed E-state index contributed by atoms with van der Waals surface area (Å²) in [4.78, 5) is 33.3. The Hall–Kier alpha value is -2.49. The maximum absolute atomic E-state index is 11.5. The van der Waals surface area contributed by atoms with Crippen molar-refractivity contribution in [2.45, 2.75) is 19.5 Å². The number of hydrogen-bond donors (Lipinski definition) is 3. The van der Waals surface area contributed by atoms with Crippen molar-refractivity contribution in [1.82, 2.24) is 20.3 Å². The van der Waals surface area contributed by atoms with E-state index in [1.54, 1.807) is 6.92 Å². The molecular weight excluding hydrogens is 270 g/mol. The molecule has 0 aliphatic rings. The van der Waals surface area contributed by atoms with E-state index >= 15 is 0 Å². The van der Waals surface area contributed by atoms with Gasteiger partial charge in [-0.25, -0.2) is 14.3 Å². The standard InChI is InChI=1S/C10H15N5O5/c1-2-20-10(19)7(11)8(16)12-3-4-15-5-6(9(17)18)13-14-15/h5,7H,2-4,11H2,1H3,(H,12,16)(H,17,18). The molecule has 4 N–H and O–H groups in total. The monoisotopic (exact) mass is 285 g/mol. The quantitative estimate of drug-likeness (QED) is 0.384. The Bertz CT molecular complexity index is 500. The normalized spacial score (nSPS) is 11.7. The number of nitrogens with zero attached hydrogens (tertiary/aromatic N) is 3. The second-order valence-electron chi connectivity index (χ2n) is 3.69. The van der Waals surface area contributed by atoms with Gasteiger partial charge >= 0.3 is 11.9 Å². The fourth-order valence-electron chi connectivity index (χ4n) is 1.25. The first-order chi connectivity index (χ1) is 9.45. The van der Waals surface area contributed by atoms with Crippen LogP contribution in [0.15, 0.2) is 6.20 Å². The van der Waals surface area contributed by atoms with Gasteiger partial charge in [-0.15, -0.1) is 5.10 Å². The number of aromatic carboxylic acids is 1. The second-order valence-corrected chi connectivity index (χ2v) is 3.69. The van der Waals surface area contributed by atoms with Gasteiger partial charge in [0.1, 0.15) is 0 Å². The van der Waals surface area contributed by atoms with Crippen LogP contribution in [-0.4, -0.2) is 57.1 Å². The third kappa shape index (κ3) is 4.31. The Kier molecular flexibility index (Phi) is 5.59. The molecule has 0 saturated carbocycles. The predicted molar refractivity (Wildman–Crippen MR) is 64.6 cm³/mol. The van der Waals surface area contributed by atoms with E-state index in [0.717, 1.165) is 0 Å². The number of aromatic nitrogens is 3. The largest absolute Gasteiger partial charge is 0.476 e. The summed E-state index contributed by atoms with van der Waals surface area (Å²) >= 11 is 0. The number of esters is 1. The second kappa shape index (κ2) is 7.19. The lowest BCUT2D eigenvalue weighted by atomic mass is 10.3. The number of carbonyl (C=O) groups excluding carboxylic acids is 2. The SMILES string of the molecule is CCOC(=O)C(N)C(=O)NCCn1cc(C(=O)O)nn1. The fourth-order valence-corrected chi connectivity index (χ4v) is 1.25. The highest BCUT2D eigenvalue weighted by Gasteiger charge is 2.22. The van der Waals surface area contributed by atoms with Crippen LogP contribution in [0.5, 0.6) is 0 Å². The molecule has 0 fully saturated rings. The van der Waals surface area contributed by atoms with Gasteiger partial charge in [-0.2, -0.15) is 0 Å². The van der Waals surface area contributed by atoms with Crippen molar-refractivity contribution in [2.75, 3.05) is 13.2 Å². The minimum Gasteiger partial charge on any atom is -0.476 e. The number of hydrogen-bond acceptors (Lipinski definition) is 7. The molecule has 10 nitrogen and oxygen atoms in total. The van der Waals surface area contributed by atoms with Crippen LogP contribution >= 0.6 is 0 Å². The van der Waals surface area contributed by atoms with E-state index in [9.17, 15) is 14.4 Å². The number of nitrogens with one attached hydrogen (secondary N) is 1. The maximum atomic E-state index is 11.5. The zero-order valence-corrected chi connectivity index (χ0v) is 10.8. The molecule has 1 heterocycles. The van der Waals surface area contributed by atoms with E-state index in [2.05, 4.69) is 20.4 Å². The summed E-state index contributed by atoms with van der Waals surface area (Å²) in [5.74, 6) is -2.68. The van der Waals surface area contributed by atoms with Gasteiger partial charge in [0.15, 0.2) is 11.7 Å². The van der Waals surface area contributed by atoms with Gasteiger partial charge in [0.05, 0.1) is 19.3 Å². The molecule has 1 amide bonds. The summed E-state index contributed by atoms with van der Waals surface area (Å²) < 4.78 is 5.85. The van der Waals surface area contributed by atoms with Gasteiger partial charge in [-0.1, -0.05) is 5.21 Å². The van der Waals surface area contributed by atoms with E-state index in [1.807, 2.05) is 0 Å². The average molecular weight is 285 g/mol. The zero-order valence-electron chi connectivity index (χ0n) is 10.8. The van der Waals surface area contributed by atoms with Gasteiger partial charge in [-0.3, -0.25) is 4.79 Å². The third-order valence-electron chi connectivity index (χ3n) is 2.22. The maximum Gasteiger partial charge on any atom is 0.358 e. The molecule has 0 aliphatic carbocycles. The molecule has 20 heavy (non-hydrogen) atoms. The zero-order chi connectivity index (χ0) is 15.1. The molecule has 0 aromatic carbocycles. The number of carbonyl (C=O) groups is 3. The third-order valence-corrected chi connectivity index (χ3v) is 2.22. The van der Waals surface area contributed by atoms with Gasteiger partial charge in [0.2, 0.25) is 5.91 Å². The molecule has 10 heteroatoms. The first-order valence-electron chi connectivity index (χ1n) is 5.79. The lowest BCUT2D eigenvalue weighted by Crippen LogP contribution is -2.47. The summed E-state index contributed by atoms with van der Waals surface area (Å²) in [5, 5.41) is 18.0. The lowest BCUT2D eigenvalue weighted by molar-refractivity contribution is -0.147. The molecule has 1 rings (SSSR count). The Morgan fingerprint density at radius 1 is 1.55 bits per heavy atom. The minimum atomic E-state index is -1.39. The van der Waals surface area contributed by atoms with E-state index in [-0.39, 0.29) is 25.4 Å². The van der Waals surface area contributed by atoms with Crippen LogP contribution in [-0.2, 0) is 20.9 Å². The summed E-state index contributed by atoms with van der Waals surface area (Å²) in [6.07, 6.45) is 1.22. The highest BCUT2D eigenvalue weighted by Crippen LogP contribution is 1.92. The van der Waals surface area contributed by atoms with Crippen LogP contribution in [0, 0.1) is 0 Å². The number of carboxylic acid groups (broad SMARTS) is 1. The van der Waals surface area contributed by atoms with Gasteiger partial charge < -0.3 is 20.9 Å². The number of nitrogens with two attached hydrogens (primary N) is 1. The molecule has 0 aliphatic heterocycles. The van der Waals surface area contributed by atoms with E-state index < -0.39 is 23.9 Å². The van der Waals surface area contributed by atoms with Crippen LogP contribution in [0.1, 0.15) is 17.4 Å². The summed E-state index contributed by atoms with van der Waals surface area (Å²) in [5.41, 5.74) is 5.18. The topological polar surface area (TPSA) is 149 Å². The Morgan fingerprint density at radius 2 is 2.25 bits per heavy atom. The molecule has 0 radical (unpaired) electrons. The highest BCUT2D eigenvalue weighted by atomic mass is 16.5. The summed E-state index contributed by atoms with van der Waals surface area (Å²) in [6, 6.07) is -1.39. The van der Waals surface area contributed by atoms with E-state index in [4.69, 9.17) is 10.8 Å². The molecule has 1 atom stereocenters. The van der Waals surface area contributed by atoms with Crippen LogP contribution in [0.2, 0.25) is 0 Å². The van der Waals surface area contributed by atoms with Crippen LogP contribution < -0.4 is 11.1 Å². The Labute approximate surface area is 113 Å². The highest BCUT2D eigenvalue weighted by molar-refractivity contribution is 6.01. The summed E-state index contributed by atoms with van der Waals surface area (Å²) in [6.45, 7) is 2.06. The lowest BCUT2D eigenvalue weighted by Gasteiger charge is -2.10. The van der Waals surface area contributed by atoms with E-state index in [1.165, 1.54) is 10.9 Å². The molecule has 0 bridgehead atoms. The first kappa shape index (κ1) is 15.6. The number of carboxylic acids is 1. The first-order valence-corrected chi connectivity index (χ1v) is 5.79. The molecule has 1 unspecified atom stereocenters. The molecule has 110 valence electrons. The van der Waals surface area contributed by atoms with Crippen molar-refractivity contribution in [1.29, 1.82) is 0 Å². The molecule has 0 spiro atoms. The van der Waals surface area contributed by atoms with Crippen molar-refractivity contribution < 1.29 is 24.2 Å². The van der Waals surface area contributed by atoms with Crippen molar-refractivity contribution in [3.8, 4) is 0 Å². The van der Waals surface area contributed by atoms with Crippen LogP contribution in [0.4, 0.5) is 0 Å². The van der Waals surface area contributed by atoms with Crippen molar-refractivity contribution in [3.63, 3.8) is 0 Å². The number of ether oxygens (including phenoxy) is 1.